The summed E-state index contributed by atoms with van der Waals surface area (Å²) < 4.78 is 32.6. The van der Waals surface area contributed by atoms with E-state index >= 15 is 0 Å². The van der Waals surface area contributed by atoms with Crippen molar-refractivity contribution in [1.29, 1.82) is 0 Å². The first kappa shape index (κ1) is 24.9. The molecular formula is C25H24N4O6S. The van der Waals surface area contributed by atoms with Crippen molar-refractivity contribution in [2.45, 2.75) is 19.0 Å². The summed E-state index contributed by atoms with van der Waals surface area (Å²) in [7, 11) is -2.43. The molecule has 4 aromatic rings. The Bertz CT molecular complexity index is 1570. The number of aliphatic carboxylic acids is 1. The molecule has 4 rings (SSSR count). The molecule has 0 amide bonds. The third-order valence-corrected chi connectivity index (χ3v) is 6.87. The van der Waals surface area contributed by atoms with Gasteiger partial charge in [-0.2, -0.15) is 0 Å². The van der Waals surface area contributed by atoms with Gasteiger partial charge in [0, 0.05) is 6.54 Å². The van der Waals surface area contributed by atoms with E-state index in [4.69, 9.17) is 4.74 Å². The second-order valence-electron chi connectivity index (χ2n) is 8.12. The summed E-state index contributed by atoms with van der Waals surface area (Å²) in [6.45, 7) is -0.137. The summed E-state index contributed by atoms with van der Waals surface area (Å²) >= 11 is 0. The molecule has 0 aliphatic rings. The van der Waals surface area contributed by atoms with Gasteiger partial charge in [-0.3, -0.25) is 9.10 Å². The van der Waals surface area contributed by atoms with Gasteiger partial charge in [-0.25, -0.2) is 17.9 Å². The van der Waals surface area contributed by atoms with Crippen molar-refractivity contribution < 1.29 is 23.1 Å². The van der Waals surface area contributed by atoms with Crippen molar-refractivity contribution in [3.8, 4) is 16.9 Å². The van der Waals surface area contributed by atoms with Gasteiger partial charge in [0.1, 0.15) is 17.3 Å². The molecular weight excluding hydrogens is 484 g/mol. The molecule has 36 heavy (non-hydrogen) atoms. The molecule has 0 saturated carbocycles. The van der Waals surface area contributed by atoms with Crippen molar-refractivity contribution in [3.63, 3.8) is 0 Å². The number of carbonyl (C=O) groups is 1. The van der Waals surface area contributed by atoms with E-state index in [0.29, 0.717) is 16.7 Å². The van der Waals surface area contributed by atoms with Crippen LogP contribution >= 0.6 is 0 Å². The number of sulfonamides is 1. The molecule has 11 heteroatoms. The number of anilines is 1. The van der Waals surface area contributed by atoms with E-state index in [2.05, 4.69) is 10.3 Å². The Hall–Kier alpha value is -4.25. The van der Waals surface area contributed by atoms with Crippen LogP contribution in [-0.4, -0.2) is 53.9 Å². The number of aromatic nitrogens is 3. The van der Waals surface area contributed by atoms with E-state index in [1.165, 1.54) is 0 Å². The van der Waals surface area contributed by atoms with Gasteiger partial charge in [-0.05, 0) is 53.9 Å². The number of hydrogen-bond acceptors (Lipinski definition) is 7. The monoisotopic (exact) mass is 508 g/mol. The van der Waals surface area contributed by atoms with E-state index in [1.807, 2.05) is 24.3 Å². The molecule has 1 unspecified atom stereocenters. The highest BCUT2D eigenvalue weighted by Crippen LogP contribution is 2.28. The average Bonchev–Trinajstić information content (AvgIpc) is 2.87. The fourth-order valence-electron chi connectivity index (χ4n) is 3.96. The van der Waals surface area contributed by atoms with Gasteiger partial charge in [-0.15, -0.1) is 5.10 Å². The van der Waals surface area contributed by atoms with Crippen LogP contribution in [0.2, 0.25) is 0 Å². The van der Waals surface area contributed by atoms with Crippen LogP contribution < -0.4 is 14.6 Å². The van der Waals surface area contributed by atoms with Gasteiger partial charge >= 0.3 is 5.97 Å². The lowest BCUT2D eigenvalue weighted by molar-refractivity contribution is -0.138. The van der Waals surface area contributed by atoms with Gasteiger partial charge in [0.25, 0.3) is 5.56 Å². The Labute approximate surface area is 207 Å². The van der Waals surface area contributed by atoms with Crippen molar-refractivity contribution in [1.82, 2.24) is 15.0 Å². The maximum Gasteiger partial charge on any atom is 0.327 e. The zero-order valence-corrected chi connectivity index (χ0v) is 20.4. The number of fused-ring (bicyclic) bond motifs is 1. The summed E-state index contributed by atoms with van der Waals surface area (Å²) in [6, 6.07) is 19.1. The number of nitrogens with zero attached hydrogens (tertiary/aromatic N) is 4. The topological polar surface area (TPSA) is 132 Å². The van der Waals surface area contributed by atoms with Crippen molar-refractivity contribution in [3.05, 3.63) is 83.2 Å². The lowest BCUT2D eigenvalue weighted by Gasteiger charge is -2.29. The van der Waals surface area contributed by atoms with Crippen LogP contribution in [0.3, 0.4) is 0 Å². The largest absolute Gasteiger partial charge is 0.497 e. The SMILES string of the molecule is COc1cccc(-c2ccc(N(C(CCn3nnc4ccccc4c3=O)C(=O)O)S(C)(=O)=O)cc2)c1. The van der Waals surface area contributed by atoms with Crippen LogP contribution in [0.25, 0.3) is 22.0 Å². The Balaban J connectivity index is 1.64. The molecule has 1 heterocycles. The van der Waals surface area contributed by atoms with Crippen molar-refractivity contribution in [2.24, 2.45) is 0 Å². The molecule has 0 saturated heterocycles. The Kier molecular flexibility index (Phi) is 7.02. The fraction of sp³-hybridized carbons (Fsp3) is 0.200. The molecule has 1 aromatic heterocycles. The lowest BCUT2D eigenvalue weighted by Crippen LogP contribution is -2.46. The van der Waals surface area contributed by atoms with E-state index in [1.54, 1.807) is 55.6 Å². The predicted octanol–water partition coefficient (Wildman–Crippen LogP) is 2.78. The molecule has 10 nitrogen and oxygen atoms in total. The normalized spacial score (nSPS) is 12.3. The highest BCUT2D eigenvalue weighted by atomic mass is 32.2. The molecule has 1 atom stereocenters. The molecule has 0 spiro atoms. The van der Waals surface area contributed by atoms with Gasteiger partial charge < -0.3 is 9.84 Å². The Morgan fingerprint density at radius 3 is 2.44 bits per heavy atom. The number of carboxylic acid groups (broad SMARTS) is 1. The van der Waals surface area contributed by atoms with Crippen LogP contribution in [0.15, 0.2) is 77.6 Å². The summed E-state index contributed by atoms with van der Waals surface area (Å²) in [4.78, 5) is 24.9. The van der Waals surface area contributed by atoms with E-state index < -0.39 is 27.6 Å². The number of ether oxygens (including phenoxy) is 1. The smallest absolute Gasteiger partial charge is 0.327 e. The van der Waals surface area contributed by atoms with E-state index in [0.717, 1.165) is 26.4 Å². The maximum atomic E-state index is 12.7. The predicted molar refractivity (Wildman–Crippen MR) is 136 cm³/mol. The zero-order valence-electron chi connectivity index (χ0n) is 19.6. The molecule has 0 aliphatic carbocycles. The summed E-state index contributed by atoms with van der Waals surface area (Å²) in [5.74, 6) is -0.675. The van der Waals surface area contributed by atoms with Crippen molar-refractivity contribution >= 4 is 32.6 Å². The highest BCUT2D eigenvalue weighted by molar-refractivity contribution is 7.92. The van der Waals surface area contributed by atoms with Crippen LogP contribution in [0.1, 0.15) is 6.42 Å². The van der Waals surface area contributed by atoms with Gasteiger partial charge in [-0.1, -0.05) is 41.6 Å². The minimum atomic E-state index is -3.99. The van der Waals surface area contributed by atoms with Gasteiger partial charge in [0.05, 0.1) is 24.4 Å². The third kappa shape index (κ3) is 5.20. The number of hydrogen-bond donors (Lipinski definition) is 1. The quantitative estimate of drug-likeness (QED) is 0.365. The number of methoxy groups -OCH3 is 1. The lowest BCUT2D eigenvalue weighted by atomic mass is 10.0. The highest BCUT2D eigenvalue weighted by Gasteiger charge is 2.33. The van der Waals surface area contributed by atoms with Gasteiger partial charge in [0.2, 0.25) is 10.0 Å². The number of aryl methyl sites for hydroxylation is 1. The second-order valence-corrected chi connectivity index (χ2v) is 9.97. The van der Waals surface area contributed by atoms with E-state index in [9.17, 15) is 23.1 Å². The number of rotatable bonds is 9. The minimum Gasteiger partial charge on any atom is -0.497 e. The summed E-state index contributed by atoms with van der Waals surface area (Å²) in [5.41, 5.74) is 1.83. The summed E-state index contributed by atoms with van der Waals surface area (Å²) in [5, 5.41) is 18.1. The summed E-state index contributed by atoms with van der Waals surface area (Å²) in [6.07, 6.45) is 0.744. The second kappa shape index (κ2) is 10.2. The molecule has 0 aliphatic heterocycles. The Morgan fingerprint density at radius 1 is 1.06 bits per heavy atom. The minimum absolute atomic E-state index is 0.137. The molecule has 0 radical (unpaired) electrons. The standard InChI is InChI=1S/C25H24N4O6S/c1-35-20-7-5-6-18(16-20)17-10-12-19(13-11-17)29(36(2,33)34)23(25(31)32)14-15-28-24(30)21-8-3-4-9-22(21)26-27-28/h3-13,16,23H,14-15H2,1-2H3,(H,31,32). The van der Waals surface area contributed by atoms with Crippen LogP contribution in [0.5, 0.6) is 5.75 Å². The Morgan fingerprint density at radius 2 is 1.78 bits per heavy atom. The molecule has 186 valence electrons. The van der Waals surface area contributed by atoms with Crippen LogP contribution in [-0.2, 0) is 21.4 Å². The molecule has 3 aromatic carbocycles. The zero-order chi connectivity index (χ0) is 25.9. The fourth-order valence-corrected chi connectivity index (χ4v) is 5.12. The molecule has 1 N–H and O–H groups in total. The molecule has 0 fully saturated rings. The third-order valence-electron chi connectivity index (χ3n) is 5.69. The first-order valence-electron chi connectivity index (χ1n) is 11.0. The number of carboxylic acids is 1. The first-order chi connectivity index (χ1) is 17.2. The van der Waals surface area contributed by atoms with Crippen molar-refractivity contribution in [2.75, 3.05) is 17.7 Å². The average molecular weight is 509 g/mol. The maximum absolute atomic E-state index is 12.7. The van der Waals surface area contributed by atoms with Crippen LogP contribution in [0, 0.1) is 0 Å². The number of benzene rings is 3. The van der Waals surface area contributed by atoms with Crippen LogP contribution in [0.4, 0.5) is 5.69 Å². The first-order valence-corrected chi connectivity index (χ1v) is 12.8. The van der Waals surface area contributed by atoms with E-state index in [-0.39, 0.29) is 18.7 Å². The van der Waals surface area contributed by atoms with Gasteiger partial charge in [0.15, 0.2) is 0 Å². The molecule has 0 bridgehead atoms.